The lowest BCUT2D eigenvalue weighted by atomic mass is 9.92. The van der Waals surface area contributed by atoms with Crippen LogP contribution >= 0.6 is 0 Å². The summed E-state index contributed by atoms with van der Waals surface area (Å²) in [5.41, 5.74) is 1.85. The maximum absolute atomic E-state index is 13.3. The van der Waals surface area contributed by atoms with Gasteiger partial charge < -0.3 is 44.2 Å². The summed E-state index contributed by atoms with van der Waals surface area (Å²) in [7, 11) is 1.53. The van der Waals surface area contributed by atoms with E-state index in [0.29, 0.717) is 42.8 Å². The van der Waals surface area contributed by atoms with E-state index in [9.17, 15) is 39.0 Å². The number of unbranched alkanes of at least 4 members (excludes halogenated alkanes) is 2. The molecule has 1 aliphatic heterocycles. The van der Waals surface area contributed by atoms with Gasteiger partial charge in [0.25, 0.3) is 5.91 Å². The summed E-state index contributed by atoms with van der Waals surface area (Å²) in [5.74, 6) is -3.37. The van der Waals surface area contributed by atoms with E-state index in [1.54, 1.807) is 6.92 Å². The SMILES string of the molecule is CCCCCC1C(=O)OC(C)C(NC(=O)c2cccc(NC=O)c2O)C(=O)OC(C)C1OC(=O)CC(C)C.COc1cc(O)c2c(=O)cc(C)oc2c1CC=C(C)C. The molecule has 3 aromatic rings. The molecule has 0 bridgehead atoms. The average Bonchev–Trinajstić information content (AvgIpc) is 3.16. The molecule has 4 N–H and O–H groups in total. The van der Waals surface area contributed by atoms with E-state index in [0.717, 1.165) is 24.0 Å². The second-order valence-electron chi connectivity index (χ2n) is 14.8. The van der Waals surface area contributed by atoms with E-state index in [2.05, 4.69) is 10.6 Å². The molecule has 15 heteroatoms. The summed E-state index contributed by atoms with van der Waals surface area (Å²) in [6.07, 6.45) is 2.67. The summed E-state index contributed by atoms with van der Waals surface area (Å²) >= 11 is 0. The minimum atomic E-state index is -1.42. The number of hydrogen-bond acceptors (Lipinski definition) is 13. The number of rotatable bonds is 14. The number of carbonyl (C=O) groups excluding carboxylic acids is 5. The summed E-state index contributed by atoms with van der Waals surface area (Å²) in [4.78, 5) is 74.7. The molecule has 5 atom stereocenters. The normalized spacial score (nSPS) is 19.2. The predicted octanol–water partition coefficient (Wildman–Crippen LogP) is 6.41. The minimum absolute atomic E-state index is 0.00114. The Kier molecular flexibility index (Phi) is 17.3. The van der Waals surface area contributed by atoms with Crippen molar-refractivity contribution in [2.24, 2.45) is 11.8 Å². The molecule has 2 aromatic carbocycles. The molecular weight excluding hydrogens is 752 g/mol. The molecule has 2 amide bonds. The fraction of sp³-hybridized carbons (Fsp3) is 0.488. The predicted molar refractivity (Wildman–Crippen MR) is 216 cm³/mol. The van der Waals surface area contributed by atoms with Crippen molar-refractivity contribution >= 4 is 46.9 Å². The van der Waals surface area contributed by atoms with E-state index in [4.69, 9.17) is 23.4 Å². The molecule has 0 saturated carbocycles. The number of aromatic hydroxyl groups is 2. The zero-order chi connectivity index (χ0) is 43.3. The van der Waals surface area contributed by atoms with E-state index < -0.39 is 59.8 Å². The Labute approximate surface area is 338 Å². The minimum Gasteiger partial charge on any atom is -0.507 e. The molecule has 1 fully saturated rings. The Balaban J connectivity index is 0.000000375. The van der Waals surface area contributed by atoms with Crippen LogP contribution in [0.3, 0.4) is 0 Å². The number of allylic oxidation sites excluding steroid dienone is 2. The van der Waals surface area contributed by atoms with Crippen molar-refractivity contribution in [2.75, 3.05) is 12.4 Å². The van der Waals surface area contributed by atoms with Gasteiger partial charge in [0.15, 0.2) is 23.3 Å². The van der Waals surface area contributed by atoms with Crippen molar-refractivity contribution in [3.63, 3.8) is 0 Å². The van der Waals surface area contributed by atoms with Crippen LogP contribution in [-0.4, -0.2) is 71.9 Å². The maximum Gasteiger partial charge on any atom is 0.332 e. The first-order chi connectivity index (χ1) is 27.4. The maximum atomic E-state index is 13.3. The van der Waals surface area contributed by atoms with Gasteiger partial charge in [-0.25, -0.2) is 4.79 Å². The lowest BCUT2D eigenvalue weighted by Gasteiger charge is -2.29. The van der Waals surface area contributed by atoms with Crippen LogP contribution in [0.15, 0.2) is 51.2 Å². The number of phenolic OH excluding ortho intramolecular Hbond substituents is 2. The van der Waals surface area contributed by atoms with Crippen LogP contribution in [0.1, 0.15) is 102 Å². The number of cyclic esters (lactones) is 2. The Morgan fingerprint density at radius 3 is 2.31 bits per heavy atom. The van der Waals surface area contributed by atoms with Gasteiger partial charge in [-0.15, -0.1) is 0 Å². The number of ether oxygens (including phenoxy) is 4. The van der Waals surface area contributed by atoms with Gasteiger partial charge in [-0.3, -0.25) is 24.0 Å². The van der Waals surface area contributed by atoms with Crippen LogP contribution in [0.4, 0.5) is 5.69 Å². The molecule has 0 aliphatic carbocycles. The number of phenols is 2. The Bertz CT molecular complexity index is 2030. The smallest absolute Gasteiger partial charge is 0.332 e. The summed E-state index contributed by atoms with van der Waals surface area (Å²) < 4.78 is 27.8. The van der Waals surface area contributed by atoms with Crippen LogP contribution < -0.4 is 20.8 Å². The van der Waals surface area contributed by atoms with Crippen molar-refractivity contribution in [2.45, 2.75) is 118 Å². The van der Waals surface area contributed by atoms with Crippen molar-refractivity contribution in [3.8, 4) is 17.2 Å². The Morgan fingerprint density at radius 1 is 1.00 bits per heavy atom. The summed E-state index contributed by atoms with van der Waals surface area (Å²) in [6, 6.07) is 5.54. The van der Waals surface area contributed by atoms with Crippen molar-refractivity contribution in [1.29, 1.82) is 0 Å². The number of nitrogens with one attached hydrogen (secondary N) is 2. The topological polar surface area (TPSA) is 217 Å². The first kappa shape index (κ1) is 46.5. The Hall–Kier alpha value is -5.86. The molecule has 5 unspecified atom stereocenters. The van der Waals surface area contributed by atoms with E-state index in [1.807, 2.05) is 40.7 Å². The van der Waals surface area contributed by atoms with Gasteiger partial charge >= 0.3 is 17.9 Å². The fourth-order valence-electron chi connectivity index (χ4n) is 6.37. The zero-order valence-corrected chi connectivity index (χ0v) is 34.6. The molecule has 2 heterocycles. The standard InChI is InChI=1S/C27H38N2O9.C16H18O4/c1-6-7-8-10-19-24(38-21(31)13-15(2)3)17(5)37-27(35)22(16(4)36-26(19)34)29-25(33)18-11-9-12-20(23(18)32)28-14-30;1-9(2)5-6-11-14(19-4)8-13(18)15-12(17)7-10(3)20-16(11)15/h9,11-12,14-17,19,22,24,32H,6-8,10,13H2,1-5H3,(H,28,30)(H,29,33);5,7-8,18H,6H2,1-4H3. The highest BCUT2D eigenvalue weighted by Gasteiger charge is 2.44. The van der Waals surface area contributed by atoms with Crippen LogP contribution in [0.25, 0.3) is 11.0 Å². The van der Waals surface area contributed by atoms with Gasteiger partial charge in [0, 0.05) is 24.1 Å². The van der Waals surface area contributed by atoms with Crippen molar-refractivity contribution in [3.05, 3.63) is 69.1 Å². The van der Waals surface area contributed by atoms with Crippen LogP contribution in [-0.2, 0) is 39.8 Å². The number of benzene rings is 2. The number of hydrogen-bond donors (Lipinski definition) is 4. The molecule has 58 heavy (non-hydrogen) atoms. The highest BCUT2D eigenvalue weighted by atomic mass is 16.6. The first-order valence-corrected chi connectivity index (χ1v) is 19.3. The lowest BCUT2D eigenvalue weighted by Crippen LogP contribution is -2.50. The van der Waals surface area contributed by atoms with E-state index >= 15 is 0 Å². The highest BCUT2D eigenvalue weighted by molar-refractivity contribution is 6.01. The number of methoxy groups -OCH3 is 1. The molecule has 15 nitrogen and oxygen atoms in total. The van der Waals surface area contributed by atoms with E-state index in [1.165, 1.54) is 51.3 Å². The summed E-state index contributed by atoms with van der Waals surface area (Å²) in [5, 5.41) is 25.3. The van der Waals surface area contributed by atoms with Gasteiger partial charge in [-0.1, -0.05) is 57.7 Å². The van der Waals surface area contributed by atoms with Gasteiger partial charge in [0.1, 0.15) is 40.4 Å². The molecule has 4 rings (SSSR count). The molecule has 1 aliphatic rings. The third kappa shape index (κ3) is 12.3. The molecule has 0 spiro atoms. The van der Waals surface area contributed by atoms with Crippen molar-refractivity contribution < 1.29 is 57.6 Å². The third-order valence-electron chi connectivity index (χ3n) is 9.33. The first-order valence-electron chi connectivity index (χ1n) is 19.3. The van der Waals surface area contributed by atoms with Crippen LogP contribution in [0.2, 0.25) is 0 Å². The summed E-state index contributed by atoms with van der Waals surface area (Å²) in [6.45, 7) is 14.4. The Morgan fingerprint density at radius 2 is 1.69 bits per heavy atom. The quantitative estimate of drug-likeness (QED) is 0.0346. The lowest BCUT2D eigenvalue weighted by molar-refractivity contribution is -0.175. The van der Waals surface area contributed by atoms with Crippen LogP contribution in [0.5, 0.6) is 17.2 Å². The number of para-hydroxylation sites is 1. The number of carbonyl (C=O) groups is 5. The molecule has 1 aromatic heterocycles. The zero-order valence-electron chi connectivity index (χ0n) is 34.6. The van der Waals surface area contributed by atoms with Gasteiger partial charge in [-0.2, -0.15) is 0 Å². The third-order valence-corrected chi connectivity index (χ3v) is 9.33. The number of esters is 3. The fourth-order valence-corrected chi connectivity index (χ4v) is 6.37. The molecule has 1 saturated heterocycles. The van der Waals surface area contributed by atoms with Gasteiger partial charge in [-0.05, 0) is 65.5 Å². The van der Waals surface area contributed by atoms with Gasteiger partial charge in [0.2, 0.25) is 6.41 Å². The number of amides is 2. The second kappa shape index (κ2) is 21.6. The monoisotopic (exact) mass is 808 g/mol. The van der Waals surface area contributed by atoms with Gasteiger partial charge in [0.05, 0.1) is 24.3 Å². The van der Waals surface area contributed by atoms with Crippen LogP contribution in [0, 0.1) is 18.8 Å². The molecule has 316 valence electrons. The number of fused-ring (bicyclic) bond motifs is 1. The highest BCUT2D eigenvalue weighted by Crippen LogP contribution is 2.35. The second-order valence-corrected chi connectivity index (χ2v) is 14.8. The molecular formula is C43H56N2O13. The molecule has 0 radical (unpaired) electrons. The van der Waals surface area contributed by atoms with E-state index in [-0.39, 0.29) is 40.2 Å². The largest absolute Gasteiger partial charge is 0.507 e. The van der Waals surface area contributed by atoms with Crippen molar-refractivity contribution in [1.82, 2.24) is 5.32 Å². The number of anilines is 1. The number of aryl methyl sites for hydroxylation is 1. The average molecular weight is 809 g/mol.